The molecule has 1 aliphatic rings. The number of rotatable bonds is 4. The Bertz CT molecular complexity index is 789. The molecule has 2 aromatic carbocycles. The summed E-state index contributed by atoms with van der Waals surface area (Å²) in [6.07, 6.45) is 5.52. The van der Waals surface area contributed by atoms with Gasteiger partial charge in [0, 0.05) is 49.3 Å². The van der Waals surface area contributed by atoms with Gasteiger partial charge in [0.05, 0.1) is 0 Å². The van der Waals surface area contributed by atoms with Crippen LogP contribution < -0.4 is 15.5 Å². The lowest BCUT2D eigenvalue weighted by atomic mass is 10.00. The zero-order valence-corrected chi connectivity index (χ0v) is 13.9. The third-order valence-corrected chi connectivity index (χ3v) is 3.92. The molecule has 0 aromatic heterocycles. The van der Waals surface area contributed by atoms with E-state index in [0.717, 1.165) is 34.7 Å². The fourth-order valence-corrected chi connectivity index (χ4v) is 2.62. The quantitative estimate of drug-likeness (QED) is 0.844. The molecule has 122 valence electrons. The van der Waals surface area contributed by atoms with Crippen LogP contribution in [0.4, 0.5) is 17.1 Å². The predicted octanol–water partition coefficient (Wildman–Crippen LogP) is 3.76. The first kappa shape index (κ1) is 15.9. The van der Waals surface area contributed by atoms with E-state index in [-0.39, 0.29) is 5.91 Å². The van der Waals surface area contributed by atoms with E-state index in [1.54, 1.807) is 6.08 Å². The van der Waals surface area contributed by atoms with Crippen molar-refractivity contribution in [2.24, 2.45) is 0 Å². The largest absolute Gasteiger partial charge is 0.381 e. The molecule has 24 heavy (non-hydrogen) atoms. The van der Waals surface area contributed by atoms with Crippen LogP contribution in [0.2, 0.25) is 0 Å². The Morgan fingerprint density at radius 1 is 1.12 bits per heavy atom. The minimum absolute atomic E-state index is 0.135. The third-order valence-electron chi connectivity index (χ3n) is 3.92. The van der Waals surface area contributed by atoms with Gasteiger partial charge in [-0.05, 0) is 42.0 Å². The molecular weight excluding hydrogens is 298 g/mol. The lowest BCUT2D eigenvalue weighted by Crippen LogP contribution is -2.10. The van der Waals surface area contributed by atoms with Crippen molar-refractivity contribution in [3.05, 3.63) is 72.3 Å². The lowest BCUT2D eigenvalue weighted by Gasteiger charge is -2.17. The molecule has 1 aliphatic heterocycles. The molecule has 0 radical (unpaired) electrons. The van der Waals surface area contributed by atoms with Crippen LogP contribution in [-0.2, 0) is 4.79 Å². The van der Waals surface area contributed by atoms with Crippen LogP contribution in [0.1, 0.15) is 5.56 Å². The Morgan fingerprint density at radius 3 is 2.62 bits per heavy atom. The van der Waals surface area contributed by atoms with Gasteiger partial charge in [0.25, 0.3) is 0 Å². The minimum atomic E-state index is -0.135. The Morgan fingerprint density at radius 2 is 1.88 bits per heavy atom. The number of fused-ring (bicyclic) bond motifs is 1. The topological polar surface area (TPSA) is 44.4 Å². The van der Waals surface area contributed by atoms with E-state index in [9.17, 15) is 4.79 Å². The van der Waals surface area contributed by atoms with Crippen LogP contribution in [0.3, 0.4) is 0 Å². The van der Waals surface area contributed by atoms with Crippen molar-refractivity contribution in [3.8, 4) is 0 Å². The number of hydrogen-bond donors (Lipinski definition) is 2. The second-order valence-electron chi connectivity index (χ2n) is 5.85. The number of carbonyl (C=O) groups is 1. The molecule has 1 amide bonds. The zero-order valence-electron chi connectivity index (χ0n) is 13.9. The molecule has 2 N–H and O–H groups in total. The van der Waals surface area contributed by atoms with E-state index in [4.69, 9.17) is 0 Å². The molecule has 4 nitrogen and oxygen atoms in total. The number of benzene rings is 2. The maximum absolute atomic E-state index is 12.1. The molecule has 0 aliphatic carbocycles. The van der Waals surface area contributed by atoms with Crippen molar-refractivity contribution in [2.45, 2.75) is 0 Å². The summed E-state index contributed by atoms with van der Waals surface area (Å²) < 4.78 is 0. The van der Waals surface area contributed by atoms with E-state index in [1.807, 2.05) is 67.5 Å². The summed E-state index contributed by atoms with van der Waals surface area (Å²) >= 11 is 0. The Kier molecular flexibility index (Phi) is 4.66. The average molecular weight is 319 g/mol. The average Bonchev–Trinajstić information content (AvgIpc) is 2.60. The normalized spacial score (nSPS) is 13.0. The standard InChI is InChI=1S/C20H21N3O/c1-23(2)17-10-8-16(9-11-17)22-20(24)12-7-15-13-14-21-19-6-4-3-5-18(15)19/h3-13,21H,14H2,1-2H3,(H,22,24)/b12-7+. The highest BCUT2D eigenvalue weighted by atomic mass is 16.1. The van der Waals surface area contributed by atoms with E-state index < -0.39 is 0 Å². The Balaban J connectivity index is 1.66. The summed E-state index contributed by atoms with van der Waals surface area (Å²) in [5.41, 5.74) is 5.15. The monoisotopic (exact) mass is 319 g/mol. The van der Waals surface area contributed by atoms with Crippen LogP contribution in [0.25, 0.3) is 5.57 Å². The second-order valence-corrected chi connectivity index (χ2v) is 5.85. The van der Waals surface area contributed by atoms with Crippen molar-refractivity contribution in [1.82, 2.24) is 0 Å². The van der Waals surface area contributed by atoms with Gasteiger partial charge in [-0.25, -0.2) is 0 Å². The number of nitrogens with one attached hydrogen (secondary N) is 2. The van der Waals surface area contributed by atoms with Crippen molar-refractivity contribution < 1.29 is 4.79 Å². The molecule has 0 saturated heterocycles. The van der Waals surface area contributed by atoms with E-state index in [2.05, 4.69) is 22.8 Å². The molecule has 4 heteroatoms. The summed E-state index contributed by atoms with van der Waals surface area (Å²) in [5, 5.41) is 6.20. The fraction of sp³-hybridized carbons (Fsp3) is 0.150. The highest BCUT2D eigenvalue weighted by Crippen LogP contribution is 2.27. The van der Waals surface area contributed by atoms with Crippen LogP contribution in [-0.4, -0.2) is 26.5 Å². The van der Waals surface area contributed by atoms with Crippen LogP contribution in [0.5, 0.6) is 0 Å². The summed E-state index contributed by atoms with van der Waals surface area (Å²) in [6.45, 7) is 0.768. The molecule has 0 bridgehead atoms. The highest BCUT2D eigenvalue weighted by molar-refractivity contribution is 6.01. The number of hydrogen-bond acceptors (Lipinski definition) is 3. The Hall–Kier alpha value is -3.01. The number of amides is 1. The minimum Gasteiger partial charge on any atom is -0.381 e. The molecule has 0 fully saturated rings. The number of allylic oxidation sites excluding steroid dienone is 2. The van der Waals surface area contributed by atoms with Gasteiger partial charge in [-0.2, -0.15) is 0 Å². The van der Waals surface area contributed by atoms with Gasteiger partial charge in [0.2, 0.25) is 5.91 Å². The first-order chi connectivity index (χ1) is 11.6. The Labute approximate surface area is 142 Å². The van der Waals surface area contributed by atoms with E-state index in [1.165, 1.54) is 0 Å². The van der Waals surface area contributed by atoms with Gasteiger partial charge in [0.1, 0.15) is 0 Å². The summed E-state index contributed by atoms with van der Waals surface area (Å²) in [7, 11) is 3.97. The first-order valence-electron chi connectivity index (χ1n) is 7.93. The van der Waals surface area contributed by atoms with Crippen LogP contribution in [0, 0.1) is 0 Å². The smallest absolute Gasteiger partial charge is 0.248 e. The zero-order chi connectivity index (χ0) is 16.9. The van der Waals surface area contributed by atoms with Gasteiger partial charge < -0.3 is 15.5 Å². The number of anilines is 3. The summed E-state index contributed by atoms with van der Waals surface area (Å²) in [6, 6.07) is 15.9. The van der Waals surface area contributed by atoms with Crippen LogP contribution in [0.15, 0.2) is 66.8 Å². The lowest BCUT2D eigenvalue weighted by molar-refractivity contribution is -0.111. The first-order valence-corrected chi connectivity index (χ1v) is 7.93. The molecule has 0 saturated carbocycles. The molecule has 3 rings (SSSR count). The van der Waals surface area contributed by atoms with E-state index >= 15 is 0 Å². The number of carbonyl (C=O) groups excluding carboxylic acids is 1. The number of nitrogens with zero attached hydrogens (tertiary/aromatic N) is 1. The van der Waals surface area contributed by atoms with Crippen LogP contribution >= 0.6 is 0 Å². The molecule has 0 atom stereocenters. The van der Waals surface area contributed by atoms with E-state index in [0.29, 0.717) is 0 Å². The third kappa shape index (κ3) is 3.66. The van der Waals surface area contributed by atoms with Gasteiger partial charge in [-0.15, -0.1) is 0 Å². The molecule has 0 spiro atoms. The maximum atomic E-state index is 12.1. The van der Waals surface area contributed by atoms with Crippen molar-refractivity contribution in [3.63, 3.8) is 0 Å². The summed E-state index contributed by atoms with van der Waals surface area (Å²) in [5.74, 6) is -0.135. The van der Waals surface area contributed by atoms with Crippen molar-refractivity contribution >= 4 is 28.5 Å². The number of para-hydroxylation sites is 1. The maximum Gasteiger partial charge on any atom is 0.248 e. The highest BCUT2D eigenvalue weighted by Gasteiger charge is 2.09. The molecule has 0 unspecified atom stereocenters. The van der Waals surface area contributed by atoms with Gasteiger partial charge >= 0.3 is 0 Å². The fourth-order valence-electron chi connectivity index (χ4n) is 2.62. The molecule has 1 heterocycles. The molecular formula is C20H21N3O. The molecule has 2 aromatic rings. The predicted molar refractivity (Wildman–Crippen MR) is 101 cm³/mol. The SMILES string of the molecule is CN(C)c1ccc(NC(=O)/C=C/C2=CCNc3ccccc32)cc1. The van der Waals surface area contributed by atoms with Crippen molar-refractivity contribution in [2.75, 3.05) is 36.2 Å². The second kappa shape index (κ2) is 7.04. The van der Waals surface area contributed by atoms with Gasteiger partial charge in [-0.3, -0.25) is 4.79 Å². The summed E-state index contributed by atoms with van der Waals surface area (Å²) in [4.78, 5) is 14.2. The van der Waals surface area contributed by atoms with Gasteiger partial charge in [0.15, 0.2) is 0 Å². The van der Waals surface area contributed by atoms with Crippen molar-refractivity contribution in [1.29, 1.82) is 0 Å². The van der Waals surface area contributed by atoms with Gasteiger partial charge in [-0.1, -0.05) is 24.3 Å².